The van der Waals surface area contributed by atoms with Crippen molar-refractivity contribution in [1.29, 1.82) is 0 Å². The topological polar surface area (TPSA) is 71.3 Å². The van der Waals surface area contributed by atoms with E-state index >= 15 is 0 Å². The number of anilines is 3. The molecule has 0 aliphatic rings. The fourth-order valence-electron chi connectivity index (χ4n) is 4.54. The zero-order chi connectivity index (χ0) is 26.9. The molecule has 0 radical (unpaired) electrons. The summed E-state index contributed by atoms with van der Waals surface area (Å²) in [6.07, 6.45) is 0.813. The van der Waals surface area contributed by atoms with Gasteiger partial charge in [-0.05, 0) is 54.3 Å². The van der Waals surface area contributed by atoms with E-state index in [0.29, 0.717) is 0 Å². The molecule has 3 aromatic carbocycles. The molecule has 0 spiro atoms. The lowest BCUT2D eigenvalue weighted by molar-refractivity contribution is -0.114. The molecule has 2 N–H and O–H groups in total. The molecule has 0 saturated carbocycles. The normalized spacial score (nSPS) is 11.5. The van der Waals surface area contributed by atoms with Gasteiger partial charge in [0.1, 0.15) is 5.82 Å². The number of carbonyl (C=O) groups is 1. The van der Waals surface area contributed by atoms with Gasteiger partial charge in [0.2, 0.25) is 5.91 Å². The molecule has 2 aromatic heterocycles. The average molecular weight is 504 g/mol. The van der Waals surface area contributed by atoms with E-state index < -0.39 is 0 Å². The van der Waals surface area contributed by atoms with Crippen LogP contribution in [-0.2, 0) is 16.6 Å². The van der Waals surface area contributed by atoms with Crippen LogP contribution in [0.5, 0.6) is 0 Å². The minimum Gasteiger partial charge on any atom is -0.340 e. The van der Waals surface area contributed by atoms with Crippen LogP contribution in [0.25, 0.3) is 16.8 Å². The molecule has 38 heavy (non-hydrogen) atoms. The number of hydrogen-bond acceptors (Lipinski definition) is 4. The molecule has 0 saturated heterocycles. The Balaban J connectivity index is 1.44. The fourth-order valence-corrected chi connectivity index (χ4v) is 4.54. The average Bonchev–Trinajstić information content (AvgIpc) is 3.22. The number of rotatable bonds is 6. The third-order valence-electron chi connectivity index (χ3n) is 6.50. The second-order valence-corrected chi connectivity index (χ2v) is 10.7. The van der Waals surface area contributed by atoms with Crippen LogP contribution in [0.15, 0.2) is 84.9 Å². The van der Waals surface area contributed by atoms with E-state index in [2.05, 4.69) is 73.9 Å². The van der Waals surface area contributed by atoms with Crippen LogP contribution < -0.4 is 10.6 Å². The first kappa shape index (κ1) is 25.2. The van der Waals surface area contributed by atoms with Crippen molar-refractivity contribution in [1.82, 2.24) is 14.6 Å². The lowest BCUT2D eigenvalue weighted by Crippen LogP contribution is -2.16. The largest absolute Gasteiger partial charge is 0.340 e. The Morgan fingerprint density at radius 1 is 0.868 bits per heavy atom. The summed E-state index contributed by atoms with van der Waals surface area (Å²) in [4.78, 5) is 16.3. The Labute approximate surface area is 223 Å². The van der Waals surface area contributed by atoms with Crippen molar-refractivity contribution in [3.8, 4) is 11.1 Å². The van der Waals surface area contributed by atoms with Gasteiger partial charge in [-0.3, -0.25) is 4.79 Å². The van der Waals surface area contributed by atoms with Gasteiger partial charge in [0.15, 0.2) is 5.65 Å². The molecule has 192 valence electrons. The number of aryl methyl sites for hydroxylation is 1. The maximum absolute atomic E-state index is 11.2. The summed E-state index contributed by atoms with van der Waals surface area (Å²) in [6.45, 7) is 10.1. The van der Waals surface area contributed by atoms with Gasteiger partial charge in [-0.25, -0.2) is 4.98 Å². The molecule has 6 nitrogen and oxygen atoms in total. The molecular weight excluding hydrogens is 470 g/mol. The van der Waals surface area contributed by atoms with E-state index in [4.69, 9.17) is 10.1 Å². The van der Waals surface area contributed by atoms with Gasteiger partial charge in [-0.15, -0.1) is 0 Å². The molecule has 1 amide bonds. The summed E-state index contributed by atoms with van der Waals surface area (Å²) < 4.78 is 1.91. The second kappa shape index (κ2) is 10.1. The predicted molar refractivity (Wildman–Crippen MR) is 155 cm³/mol. The smallest absolute Gasteiger partial charge is 0.221 e. The van der Waals surface area contributed by atoms with Crippen molar-refractivity contribution >= 4 is 28.7 Å². The highest BCUT2D eigenvalue weighted by Crippen LogP contribution is 2.33. The van der Waals surface area contributed by atoms with Gasteiger partial charge < -0.3 is 10.6 Å². The number of aromatic nitrogens is 3. The highest BCUT2D eigenvalue weighted by Gasteiger charge is 2.22. The Hall–Kier alpha value is -4.45. The summed E-state index contributed by atoms with van der Waals surface area (Å²) in [5.74, 6) is 0.815. The summed E-state index contributed by atoms with van der Waals surface area (Å²) in [7, 11) is 0. The fraction of sp³-hybridized carbons (Fsp3) is 0.219. The number of carbonyl (C=O) groups excluding carboxylic acids is 1. The Morgan fingerprint density at radius 3 is 2.05 bits per heavy atom. The minimum atomic E-state index is -0.121. The Kier molecular flexibility index (Phi) is 6.72. The molecular formula is C32H33N5O. The minimum absolute atomic E-state index is 0.0662. The molecule has 0 atom stereocenters. The first-order valence-corrected chi connectivity index (χ1v) is 12.9. The van der Waals surface area contributed by atoms with Gasteiger partial charge >= 0.3 is 0 Å². The van der Waals surface area contributed by atoms with Gasteiger partial charge in [-0.2, -0.15) is 9.61 Å². The van der Waals surface area contributed by atoms with Crippen molar-refractivity contribution in [3.63, 3.8) is 0 Å². The van der Waals surface area contributed by atoms with Gasteiger partial charge in [0.05, 0.1) is 11.4 Å². The van der Waals surface area contributed by atoms with Crippen molar-refractivity contribution in [2.24, 2.45) is 0 Å². The number of nitrogens with zero attached hydrogens (tertiary/aromatic N) is 3. The third-order valence-corrected chi connectivity index (χ3v) is 6.50. The SMILES string of the molecule is CC(=O)Nc1ccc(Cc2ccc(Nc3cc(C(C)(C)C)nc4c(-c5ccccc5)c(C)nn34)cc2)cc1. The molecule has 0 aliphatic carbocycles. The third kappa shape index (κ3) is 5.44. The first-order valence-electron chi connectivity index (χ1n) is 12.9. The Bertz CT molecular complexity index is 1580. The maximum Gasteiger partial charge on any atom is 0.221 e. The number of benzene rings is 3. The summed E-state index contributed by atoms with van der Waals surface area (Å²) in [6, 6.07) is 28.8. The van der Waals surface area contributed by atoms with Crippen molar-refractivity contribution in [3.05, 3.63) is 107 Å². The molecule has 0 unspecified atom stereocenters. The van der Waals surface area contributed by atoms with Crippen LogP contribution in [0.4, 0.5) is 17.2 Å². The van der Waals surface area contributed by atoms with E-state index in [9.17, 15) is 4.79 Å². The van der Waals surface area contributed by atoms with Gasteiger partial charge in [-0.1, -0.05) is 75.4 Å². The molecule has 0 aliphatic heterocycles. The predicted octanol–water partition coefficient (Wildman–Crippen LogP) is 7.30. The lowest BCUT2D eigenvalue weighted by atomic mass is 9.92. The summed E-state index contributed by atoms with van der Waals surface area (Å²) >= 11 is 0. The lowest BCUT2D eigenvalue weighted by Gasteiger charge is -2.20. The monoisotopic (exact) mass is 503 g/mol. The quantitative estimate of drug-likeness (QED) is 0.255. The molecule has 5 aromatic rings. The zero-order valence-corrected chi connectivity index (χ0v) is 22.5. The summed E-state index contributed by atoms with van der Waals surface area (Å²) in [5, 5.41) is 11.3. The molecule has 2 heterocycles. The Morgan fingerprint density at radius 2 is 1.47 bits per heavy atom. The van der Waals surface area contributed by atoms with E-state index in [1.54, 1.807) is 0 Å². The van der Waals surface area contributed by atoms with Crippen LogP contribution in [0, 0.1) is 6.92 Å². The van der Waals surface area contributed by atoms with Gasteiger partial charge in [0.25, 0.3) is 0 Å². The number of nitrogens with one attached hydrogen (secondary N) is 2. The summed E-state index contributed by atoms with van der Waals surface area (Å²) in [5.41, 5.74) is 9.03. The van der Waals surface area contributed by atoms with E-state index in [-0.39, 0.29) is 11.3 Å². The van der Waals surface area contributed by atoms with Crippen LogP contribution in [-0.4, -0.2) is 20.5 Å². The van der Waals surface area contributed by atoms with Crippen molar-refractivity contribution < 1.29 is 4.79 Å². The zero-order valence-electron chi connectivity index (χ0n) is 22.5. The number of fused-ring (bicyclic) bond motifs is 1. The van der Waals surface area contributed by atoms with E-state index in [1.807, 2.05) is 53.9 Å². The van der Waals surface area contributed by atoms with Crippen LogP contribution in [0.1, 0.15) is 50.2 Å². The van der Waals surface area contributed by atoms with Crippen LogP contribution in [0.3, 0.4) is 0 Å². The molecule has 5 rings (SSSR count). The van der Waals surface area contributed by atoms with E-state index in [1.165, 1.54) is 18.1 Å². The standard InChI is InChI=1S/C32H33N5O/c1-21-30(25-9-7-6-8-10-25)31-35-28(32(3,4)5)20-29(37(31)36-21)34-27-17-13-24(14-18-27)19-23-11-15-26(16-12-23)33-22(2)38/h6-18,20,34H,19H2,1-5H3,(H,33,38). The van der Waals surface area contributed by atoms with Crippen LogP contribution in [0.2, 0.25) is 0 Å². The highest BCUT2D eigenvalue weighted by molar-refractivity contribution is 5.88. The number of hydrogen-bond donors (Lipinski definition) is 2. The highest BCUT2D eigenvalue weighted by atomic mass is 16.1. The van der Waals surface area contributed by atoms with Gasteiger partial charge in [0, 0.05) is 35.3 Å². The number of amides is 1. The first-order chi connectivity index (χ1) is 18.2. The molecule has 0 fully saturated rings. The maximum atomic E-state index is 11.2. The molecule has 6 heteroatoms. The van der Waals surface area contributed by atoms with Crippen molar-refractivity contribution in [2.75, 3.05) is 10.6 Å². The molecule has 0 bridgehead atoms. The second-order valence-electron chi connectivity index (χ2n) is 10.7. The van der Waals surface area contributed by atoms with Crippen LogP contribution >= 0.6 is 0 Å². The van der Waals surface area contributed by atoms with Crippen molar-refractivity contribution in [2.45, 2.75) is 46.5 Å². The van der Waals surface area contributed by atoms with E-state index in [0.717, 1.165) is 51.8 Å².